The minimum Gasteiger partial charge on any atom is -0.383 e. The molecule has 7 heteroatoms. The fourth-order valence-electron chi connectivity index (χ4n) is 2.02. The molecule has 19 heavy (non-hydrogen) atoms. The fraction of sp³-hybridized carbons (Fsp3) is 0.667. The molecule has 4 nitrogen and oxygen atoms in total. The second-order valence-corrected chi connectivity index (χ2v) is 7.75. The summed E-state index contributed by atoms with van der Waals surface area (Å²) in [4.78, 5) is 2.00. The van der Waals surface area contributed by atoms with Gasteiger partial charge in [-0.3, -0.25) is 0 Å². The highest BCUT2D eigenvalue weighted by molar-refractivity contribution is 7.89. The lowest BCUT2D eigenvalue weighted by Gasteiger charge is -2.26. The molecule has 1 rings (SSSR count). The van der Waals surface area contributed by atoms with E-state index in [1.54, 1.807) is 13.2 Å². The highest BCUT2D eigenvalue weighted by atomic mass is 35.5. The van der Waals surface area contributed by atoms with Crippen LogP contribution < -0.4 is 0 Å². The van der Waals surface area contributed by atoms with Crippen LogP contribution in [-0.4, -0.2) is 39.0 Å². The van der Waals surface area contributed by atoms with Gasteiger partial charge in [0.25, 0.3) is 0 Å². The number of hydrogen-bond acceptors (Lipinski definition) is 4. The van der Waals surface area contributed by atoms with E-state index in [2.05, 4.69) is 0 Å². The third-order valence-electron chi connectivity index (χ3n) is 2.85. The molecule has 0 radical (unpaired) electrons. The summed E-state index contributed by atoms with van der Waals surface area (Å²) in [5.74, 6) is 0.334. The smallest absolute Gasteiger partial charge is 0.244 e. The maximum atomic E-state index is 12.7. The number of methoxy groups -OCH3 is 1. The van der Waals surface area contributed by atoms with E-state index in [1.807, 2.05) is 20.8 Å². The van der Waals surface area contributed by atoms with Crippen LogP contribution >= 0.6 is 22.9 Å². The van der Waals surface area contributed by atoms with Crippen molar-refractivity contribution in [1.82, 2.24) is 4.31 Å². The zero-order valence-corrected chi connectivity index (χ0v) is 14.0. The van der Waals surface area contributed by atoms with Crippen molar-refractivity contribution in [3.05, 3.63) is 15.8 Å². The molecule has 0 aromatic carbocycles. The lowest BCUT2D eigenvalue weighted by atomic mass is 10.4. The van der Waals surface area contributed by atoms with Gasteiger partial charge in [-0.05, 0) is 19.9 Å². The first kappa shape index (κ1) is 16.9. The van der Waals surface area contributed by atoms with Crippen molar-refractivity contribution in [3.63, 3.8) is 0 Å². The molecule has 0 N–H and O–H groups in total. The van der Waals surface area contributed by atoms with Crippen LogP contribution in [-0.2, 0) is 20.6 Å². The largest absolute Gasteiger partial charge is 0.383 e. The molecular formula is C12H20ClNO3S2. The average Bonchev–Trinajstić information content (AvgIpc) is 2.72. The van der Waals surface area contributed by atoms with Crippen molar-refractivity contribution < 1.29 is 13.2 Å². The SMILES string of the molecule is CCN(C(C)COC)S(=O)(=O)c1cc(CCl)sc1C. The van der Waals surface area contributed by atoms with Gasteiger partial charge in [0.1, 0.15) is 0 Å². The quantitative estimate of drug-likeness (QED) is 0.724. The zero-order valence-electron chi connectivity index (χ0n) is 11.6. The van der Waals surface area contributed by atoms with Gasteiger partial charge in [-0.25, -0.2) is 8.42 Å². The van der Waals surface area contributed by atoms with Crippen molar-refractivity contribution in [1.29, 1.82) is 0 Å². The van der Waals surface area contributed by atoms with Gasteiger partial charge in [0.2, 0.25) is 10.0 Å². The van der Waals surface area contributed by atoms with E-state index in [1.165, 1.54) is 15.6 Å². The van der Waals surface area contributed by atoms with E-state index in [-0.39, 0.29) is 6.04 Å². The van der Waals surface area contributed by atoms with Gasteiger partial charge in [0.15, 0.2) is 0 Å². The van der Waals surface area contributed by atoms with Gasteiger partial charge in [0.05, 0.1) is 17.4 Å². The second kappa shape index (κ2) is 7.04. The lowest BCUT2D eigenvalue weighted by molar-refractivity contribution is 0.142. The van der Waals surface area contributed by atoms with E-state index in [4.69, 9.17) is 16.3 Å². The summed E-state index contributed by atoms with van der Waals surface area (Å²) in [6.45, 7) is 6.27. The van der Waals surface area contributed by atoms with E-state index in [9.17, 15) is 8.42 Å². The number of rotatable bonds is 7. The maximum absolute atomic E-state index is 12.7. The summed E-state index contributed by atoms with van der Waals surface area (Å²) in [5.41, 5.74) is 0. The number of nitrogens with zero attached hydrogens (tertiary/aromatic N) is 1. The Morgan fingerprint density at radius 3 is 2.58 bits per heavy atom. The number of halogens is 1. The van der Waals surface area contributed by atoms with Crippen molar-refractivity contribution in [2.45, 2.75) is 37.6 Å². The van der Waals surface area contributed by atoms with Gasteiger partial charge in [0, 0.05) is 29.5 Å². The first-order valence-electron chi connectivity index (χ1n) is 6.04. The Morgan fingerprint density at radius 2 is 2.16 bits per heavy atom. The minimum absolute atomic E-state index is 0.196. The fourth-order valence-corrected chi connectivity index (χ4v) is 5.34. The monoisotopic (exact) mass is 325 g/mol. The third kappa shape index (κ3) is 3.70. The molecule has 1 aromatic heterocycles. The number of aryl methyl sites for hydroxylation is 1. The third-order valence-corrected chi connectivity index (χ3v) is 6.69. The van der Waals surface area contributed by atoms with E-state index >= 15 is 0 Å². The molecule has 0 aliphatic heterocycles. The molecule has 0 aliphatic rings. The van der Waals surface area contributed by atoms with Crippen LogP contribution in [0.4, 0.5) is 0 Å². The van der Waals surface area contributed by atoms with Crippen LogP contribution in [0.2, 0.25) is 0 Å². The van der Waals surface area contributed by atoms with E-state index < -0.39 is 10.0 Å². The van der Waals surface area contributed by atoms with Crippen molar-refractivity contribution >= 4 is 33.0 Å². The molecule has 1 atom stereocenters. The van der Waals surface area contributed by atoms with Gasteiger partial charge in [-0.15, -0.1) is 22.9 Å². The summed E-state index contributed by atoms with van der Waals surface area (Å²) >= 11 is 7.20. The van der Waals surface area contributed by atoms with Crippen LogP contribution in [0.15, 0.2) is 11.0 Å². The molecule has 1 heterocycles. The van der Waals surface area contributed by atoms with Gasteiger partial charge >= 0.3 is 0 Å². The summed E-state index contributed by atoms with van der Waals surface area (Å²) in [7, 11) is -1.92. The first-order valence-corrected chi connectivity index (χ1v) is 8.83. The second-order valence-electron chi connectivity index (χ2n) is 4.28. The normalized spacial score (nSPS) is 14.0. The predicted octanol–water partition coefficient (Wildman–Crippen LogP) is 2.84. The molecule has 1 aromatic rings. The Bertz CT molecular complexity index is 513. The summed E-state index contributed by atoms with van der Waals surface area (Å²) in [5, 5.41) is 0. The molecular weight excluding hydrogens is 306 g/mol. The summed E-state index contributed by atoms with van der Waals surface area (Å²) < 4.78 is 31.8. The minimum atomic E-state index is -3.49. The number of hydrogen-bond donors (Lipinski definition) is 0. The summed E-state index contributed by atoms with van der Waals surface area (Å²) in [6, 6.07) is 1.48. The van der Waals surface area contributed by atoms with Crippen LogP contribution in [0.1, 0.15) is 23.6 Å². The molecule has 0 bridgehead atoms. The molecule has 0 saturated heterocycles. The van der Waals surface area contributed by atoms with Crippen LogP contribution in [0.25, 0.3) is 0 Å². The zero-order chi connectivity index (χ0) is 14.6. The van der Waals surface area contributed by atoms with Gasteiger partial charge in [-0.2, -0.15) is 4.31 Å². The van der Waals surface area contributed by atoms with Crippen molar-refractivity contribution in [2.24, 2.45) is 0 Å². The number of alkyl halides is 1. The average molecular weight is 326 g/mol. The van der Waals surface area contributed by atoms with Crippen LogP contribution in [0.5, 0.6) is 0 Å². The first-order chi connectivity index (χ1) is 8.88. The maximum Gasteiger partial charge on any atom is 0.244 e. The van der Waals surface area contributed by atoms with Crippen LogP contribution in [0, 0.1) is 6.92 Å². The molecule has 0 amide bonds. The highest BCUT2D eigenvalue weighted by Crippen LogP contribution is 2.29. The van der Waals surface area contributed by atoms with E-state index in [0.717, 1.165) is 9.75 Å². The van der Waals surface area contributed by atoms with Crippen LogP contribution in [0.3, 0.4) is 0 Å². The Labute approximate surface area is 124 Å². The lowest BCUT2D eigenvalue weighted by Crippen LogP contribution is -2.40. The molecule has 0 saturated carbocycles. The molecule has 0 fully saturated rings. The highest BCUT2D eigenvalue weighted by Gasteiger charge is 2.30. The predicted molar refractivity (Wildman–Crippen MR) is 79.5 cm³/mol. The Hall–Kier alpha value is -0.140. The van der Waals surface area contributed by atoms with E-state index in [0.29, 0.717) is 23.9 Å². The summed E-state index contributed by atoms with van der Waals surface area (Å²) in [6.07, 6.45) is 0. The number of ether oxygens (including phenoxy) is 1. The molecule has 0 spiro atoms. The van der Waals surface area contributed by atoms with Gasteiger partial charge < -0.3 is 4.74 Å². The molecule has 1 unspecified atom stereocenters. The topological polar surface area (TPSA) is 46.6 Å². The number of thiophene rings is 1. The van der Waals surface area contributed by atoms with Crippen molar-refractivity contribution in [2.75, 3.05) is 20.3 Å². The Balaban J connectivity index is 3.16. The number of likely N-dealkylation sites (N-methyl/N-ethyl adjacent to an activating group) is 1. The number of sulfonamides is 1. The molecule has 0 aliphatic carbocycles. The molecule has 110 valence electrons. The Kier molecular flexibility index (Phi) is 6.26. The van der Waals surface area contributed by atoms with Crippen molar-refractivity contribution in [3.8, 4) is 0 Å². The Morgan fingerprint density at radius 1 is 1.53 bits per heavy atom. The standard InChI is InChI=1S/C12H20ClNO3S2/c1-5-14(9(2)8-17-4)19(15,16)12-6-11(7-13)18-10(12)3/h6,9H,5,7-8H2,1-4H3. The van der Waals surface area contributed by atoms with Gasteiger partial charge in [-0.1, -0.05) is 6.92 Å².